The largest absolute Gasteiger partial charge is 0.338 e. The first kappa shape index (κ1) is 16.5. The number of halogens is 1. The molecule has 1 rings (SSSR count). The topological polar surface area (TPSA) is 41.1 Å². The van der Waals surface area contributed by atoms with E-state index in [1.807, 2.05) is 19.9 Å². The highest BCUT2D eigenvalue weighted by molar-refractivity contribution is 5.74. The Morgan fingerprint density at radius 2 is 2.00 bits per heavy atom. The summed E-state index contributed by atoms with van der Waals surface area (Å²) in [5.41, 5.74) is 0.147. The molecule has 0 bridgehead atoms. The van der Waals surface area contributed by atoms with Gasteiger partial charge in [0.1, 0.15) is 5.82 Å². The zero-order chi connectivity index (χ0) is 15.0. The van der Waals surface area contributed by atoms with Crippen molar-refractivity contribution in [1.29, 1.82) is 0 Å². The molecular formula is C16H25FN2O. The van der Waals surface area contributed by atoms with Crippen molar-refractivity contribution >= 4 is 6.03 Å². The van der Waals surface area contributed by atoms with E-state index in [1.54, 1.807) is 6.07 Å². The Morgan fingerprint density at radius 1 is 1.25 bits per heavy atom. The molecule has 0 spiro atoms. The SMILES string of the molecule is CCCCCCNC(=O)NC(C)(C)c1cccc(F)c1. The third-order valence-electron chi connectivity index (χ3n) is 3.29. The van der Waals surface area contributed by atoms with Crippen molar-refractivity contribution in [3.8, 4) is 0 Å². The molecule has 4 heteroatoms. The van der Waals surface area contributed by atoms with E-state index in [1.165, 1.54) is 25.0 Å². The van der Waals surface area contributed by atoms with Crippen molar-refractivity contribution < 1.29 is 9.18 Å². The number of urea groups is 1. The van der Waals surface area contributed by atoms with Crippen molar-refractivity contribution in [3.63, 3.8) is 0 Å². The molecule has 0 aliphatic heterocycles. The highest BCUT2D eigenvalue weighted by Gasteiger charge is 2.22. The number of carbonyl (C=O) groups excluding carboxylic acids is 1. The van der Waals surface area contributed by atoms with Gasteiger partial charge in [-0.2, -0.15) is 0 Å². The molecule has 0 aromatic heterocycles. The minimum absolute atomic E-state index is 0.212. The first-order valence-corrected chi connectivity index (χ1v) is 7.28. The fraction of sp³-hybridized carbons (Fsp3) is 0.562. The standard InChI is InChI=1S/C16H25FN2O/c1-4-5-6-7-11-18-15(20)19-16(2,3)13-9-8-10-14(17)12-13/h8-10,12H,4-7,11H2,1-3H3,(H2,18,19,20). The second kappa shape index (κ2) is 7.88. The van der Waals surface area contributed by atoms with Gasteiger partial charge in [-0.15, -0.1) is 0 Å². The van der Waals surface area contributed by atoms with Crippen LogP contribution in [0.15, 0.2) is 24.3 Å². The molecule has 0 heterocycles. The van der Waals surface area contributed by atoms with E-state index in [4.69, 9.17) is 0 Å². The maximum atomic E-state index is 13.2. The molecule has 1 aromatic carbocycles. The zero-order valence-corrected chi connectivity index (χ0v) is 12.6. The van der Waals surface area contributed by atoms with Gasteiger partial charge in [-0.05, 0) is 38.0 Å². The number of rotatable bonds is 7. The summed E-state index contributed by atoms with van der Waals surface area (Å²) in [5.74, 6) is -0.294. The van der Waals surface area contributed by atoms with Crippen LogP contribution >= 0.6 is 0 Å². The Balaban J connectivity index is 2.43. The predicted octanol–water partition coefficient (Wildman–Crippen LogP) is 3.94. The summed E-state index contributed by atoms with van der Waals surface area (Å²) in [6, 6.07) is 6.09. The predicted molar refractivity (Wildman–Crippen MR) is 80.1 cm³/mol. The van der Waals surface area contributed by atoms with Crippen LogP contribution in [0, 0.1) is 5.82 Å². The Hall–Kier alpha value is -1.58. The molecule has 0 aliphatic rings. The minimum Gasteiger partial charge on any atom is -0.338 e. The summed E-state index contributed by atoms with van der Waals surface area (Å²) in [6.07, 6.45) is 4.49. The van der Waals surface area contributed by atoms with E-state index in [9.17, 15) is 9.18 Å². The van der Waals surface area contributed by atoms with Crippen molar-refractivity contribution in [2.24, 2.45) is 0 Å². The van der Waals surface area contributed by atoms with E-state index < -0.39 is 5.54 Å². The van der Waals surface area contributed by atoms with Gasteiger partial charge in [-0.3, -0.25) is 0 Å². The monoisotopic (exact) mass is 280 g/mol. The van der Waals surface area contributed by atoms with Crippen molar-refractivity contribution in [1.82, 2.24) is 10.6 Å². The average Bonchev–Trinajstić information content (AvgIpc) is 2.38. The Labute approximate surface area is 121 Å². The number of unbranched alkanes of at least 4 members (excludes halogenated alkanes) is 3. The quantitative estimate of drug-likeness (QED) is 0.730. The van der Waals surface area contributed by atoms with Gasteiger partial charge < -0.3 is 10.6 Å². The van der Waals surface area contributed by atoms with Gasteiger partial charge in [0.2, 0.25) is 0 Å². The summed E-state index contributed by atoms with van der Waals surface area (Å²) >= 11 is 0. The molecule has 3 nitrogen and oxygen atoms in total. The lowest BCUT2D eigenvalue weighted by molar-refractivity contribution is 0.229. The van der Waals surface area contributed by atoms with Crippen LogP contribution in [0.1, 0.15) is 52.0 Å². The maximum absolute atomic E-state index is 13.2. The molecule has 20 heavy (non-hydrogen) atoms. The summed E-state index contributed by atoms with van der Waals surface area (Å²) in [6.45, 7) is 6.55. The van der Waals surface area contributed by atoms with Crippen LogP contribution < -0.4 is 10.6 Å². The van der Waals surface area contributed by atoms with E-state index >= 15 is 0 Å². The number of nitrogens with one attached hydrogen (secondary N) is 2. The second-order valence-electron chi connectivity index (χ2n) is 5.58. The van der Waals surface area contributed by atoms with Crippen LogP contribution in [0.3, 0.4) is 0 Å². The summed E-state index contributed by atoms with van der Waals surface area (Å²) < 4.78 is 13.2. The van der Waals surface area contributed by atoms with Gasteiger partial charge >= 0.3 is 6.03 Å². The summed E-state index contributed by atoms with van der Waals surface area (Å²) in [5, 5.41) is 5.71. The minimum atomic E-state index is -0.602. The lowest BCUT2D eigenvalue weighted by Crippen LogP contribution is -2.46. The van der Waals surface area contributed by atoms with Crippen LogP contribution in [0.25, 0.3) is 0 Å². The lowest BCUT2D eigenvalue weighted by Gasteiger charge is -2.27. The molecule has 0 radical (unpaired) electrons. The fourth-order valence-corrected chi connectivity index (χ4v) is 2.03. The molecule has 2 amide bonds. The molecule has 0 fully saturated rings. The molecular weight excluding hydrogens is 255 g/mol. The van der Waals surface area contributed by atoms with Gasteiger partial charge in [-0.1, -0.05) is 38.3 Å². The third-order valence-corrected chi connectivity index (χ3v) is 3.29. The van der Waals surface area contributed by atoms with Crippen molar-refractivity contribution in [2.45, 2.75) is 52.0 Å². The Bertz CT molecular complexity index is 432. The molecule has 2 N–H and O–H groups in total. The molecule has 0 saturated heterocycles. The second-order valence-corrected chi connectivity index (χ2v) is 5.58. The van der Waals surface area contributed by atoms with Crippen LogP contribution in [0.5, 0.6) is 0 Å². The molecule has 0 atom stereocenters. The van der Waals surface area contributed by atoms with Gasteiger partial charge in [0, 0.05) is 6.54 Å². The van der Waals surface area contributed by atoms with Crippen LogP contribution in [0.2, 0.25) is 0 Å². The maximum Gasteiger partial charge on any atom is 0.315 e. The molecule has 112 valence electrons. The lowest BCUT2D eigenvalue weighted by atomic mass is 9.94. The van der Waals surface area contributed by atoms with Gasteiger partial charge in [0.05, 0.1) is 5.54 Å². The average molecular weight is 280 g/mol. The first-order chi connectivity index (χ1) is 9.45. The molecule has 0 aliphatic carbocycles. The van der Waals surface area contributed by atoms with Crippen molar-refractivity contribution in [3.05, 3.63) is 35.6 Å². The summed E-state index contributed by atoms with van der Waals surface area (Å²) in [7, 11) is 0. The van der Waals surface area contributed by atoms with Crippen LogP contribution in [0.4, 0.5) is 9.18 Å². The molecule has 0 saturated carbocycles. The first-order valence-electron chi connectivity index (χ1n) is 7.28. The van der Waals surface area contributed by atoms with Gasteiger partial charge in [-0.25, -0.2) is 9.18 Å². The number of carbonyl (C=O) groups is 1. The highest BCUT2D eigenvalue weighted by Crippen LogP contribution is 2.20. The summed E-state index contributed by atoms with van der Waals surface area (Å²) in [4.78, 5) is 11.8. The number of benzene rings is 1. The van der Waals surface area contributed by atoms with E-state index in [2.05, 4.69) is 17.6 Å². The smallest absolute Gasteiger partial charge is 0.315 e. The van der Waals surface area contributed by atoms with E-state index in [-0.39, 0.29) is 11.8 Å². The van der Waals surface area contributed by atoms with E-state index in [0.29, 0.717) is 6.54 Å². The van der Waals surface area contributed by atoms with Crippen LogP contribution in [-0.4, -0.2) is 12.6 Å². The number of amides is 2. The van der Waals surface area contributed by atoms with Crippen LogP contribution in [-0.2, 0) is 5.54 Å². The Kier molecular flexibility index (Phi) is 6.49. The molecule has 0 unspecified atom stereocenters. The number of hydrogen-bond donors (Lipinski definition) is 2. The van der Waals surface area contributed by atoms with Crippen molar-refractivity contribution in [2.75, 3.05) is 6.54 Å². The number of hydrogen-bond acceptors (Lipinski definition) is 1. The Morgan fingerprint density at radius 3 is 2.65 bits per heavy atom. The third kappa shape index (κ3) is 5.59. The fourth-order valence-electron chi connectivity index (χ4n) is 2.03. The molecule has 1 aromatic rings. The zero-order valence-electron chi connectivity index (χ0n) is 12.6. The van der Waals surface area contributed by atoms with Gasteiger partial charge in [0.15, 0.2) is 0 Å². The van der Waals surface area contributed by atoms with E-state index in [0.717, 1.165) is 18.4 Å². The highest BCUT2D eigenvalue weighted by atomic mass is 19.1. The normalized spacial score (nSPS) is 11.2. The van der Waals surface area contributed by atoms with Gasteiger partial charge in [0.25, 0.3) is 0 Å².